The largest absolute Gasteiger partial charge is 0.369 e. The van der Waals surface area contributed by atoms with E-state index < -0.39 is 11.1 Å². The number of ketones is 1. The number of nitrogens with zero attached hydrogens (tertiary/aromatic N) is 3. The summed E-state index contributed by atoms with van der Waals surface area (Å²) in [5.74, 6) is 0.364. The van der Waals surface area contributed by atoms with Crippen molar-refractivity contribution in [2.45, 2.75) is 20.8 Å². The highest BCUT2D eigenvalue weighted by Crippen LogP contribution is 2.18. The molecule has 1 aromatic heterocycles. The van der Waals surface area contributed by atoms with Gasteiger partial charge in [-0.2, -0.15) is 0 Å². The second kappa shape index (κ2) is 6.27. The number of carbonyl (C=O) groups is 1. The molecule has 108 valence electrons. The van der Waals surface area contributed by atoms with E-state index >= 15 is 0 Å². The van der Waals surface area contributed by atoms with Gasteiger partial charge in [0, 0.05) is 31.3 Å². The molecule has 0 spiro atoms. The van der Waals surface area contributed by atoms with Crippen LogP contribution < -0.4 is 5.69 Å². The van der Waals surface area contributed by atoms with Gasteiger partial charge in [0.05, 0.1) is 6.34 Å². The van der Waals surface area contributed by atoms with Crippen molar-refractivity contribution in [3.05, 3.63) is 28.3 Å². The van der Waals surface area contributed by atoms with Gasteiger partial charge in [-0.1, -0.05) is 20.8 Å². The first-order valence-corrected chi connectivity index (χ1v) is 6.22. The van der Waals surface area contributed by atoms with Gasteiger partial charge in [0.15, 0.2) is 5.78 Å². The number of hydrogen-bond donors (Lipinski definition) is 1. The van der Waals surface area contributed by atoms with E-state index in [1.54, 1.807) is 17.3 Å². The highest BCUT2D eigenvalue weighted by Gasteiger charge is 2.18. The summed E-state index contributed by atoms with van der Waals surface area (Å²) in [5.41, 5.74) is -0.338. The number of aromatic amines is 1. The molecule has 0 aliphatic rings. The van der Waals surface area contributed by atoms with Crippen molar-refractivity contribution in [3.63, 3.8) is 0 Å². The fraction of sp³-hybridized carbons (Fsp3) is 0.429. The molecule has 0 aliphatic heterocycles. The minimum atomic E-state index is -0.477. The molecule has 1 heterocycles. The van der Waals surface area contributed by atoms with Crippen LogP contribution in [0.5, 0.6) is 0 Å². The summed E-state index contributed by atoms with van der Waals surface area (Å²) < 4.78 is 0. The molecule has 0 radical (unpaired) electrons. The molecular formula is C14H20N4O2. The molecule has 0 unspecified atom stereocenters. The van der Waals surface area contributed by atoms with E-state index in [1.807, 2.05) is 34.9 Å². The maximum atomic E-state index is 11.9. The zero-order valence-electron chi connectivity index (χ0n) is 12.5. The predicted octanol–water partition coefficient (Wildman–Crippen LogP) is 1.62. The molecule has 20 heavy (non-hydrogen) atoms. The summed E-state index contributed by atoms with van der Waals surface area (Å²) in [6.07, 6.45) is 6.05. The Bertz CT molecular complexity index is 592. The van der Waals surface area contributed by atoms with Gasteiger partial charge in [0.25, 0.3) is 0 Å². The lowest BCUT2D eigenvalue weighted by Crippen LogP contribution is -2.17. The molecule has 0 aliphatic carbocycles. The Hall–Kier alpha value is -2.24. The molecule has 6 heteroatoms. The number of carbonyl (C=O) groups excluding carboxylic acids is 1. The first-order valence-electron chi connectivity index (χ1n) is 6.22. The molecular weight excluding hydrogens is 256 g/mol. The Labute approximate surface area is 118 Å². The first-order chi connectivity index (χ1) is 9.20. The van der Waals surface area contributed by atoms with Crippen molar-refractivity contribution in [2.24, 2.45) is 10.4 Å². The molecule has 0 fully saturated rings. The number of allylic oxidation sites excluding steroid dienone is 1. The molecule has 0 saturated heterocycles. The second-order valence-corrected chi connectivity index (χ2v) is 5.65. The number of hydrogen-bond acceptors (Lipinski definition) is 4. The van der Waals surface area contributed by atoms with Crippen LogP contribution in [0.4, 0.5) is 5.82 Å². The standard InChI is InChI=1S/C14H20N4O2/c1-14(2,3)11(19)7-6-10-8-15-13(20)17-12(10)16-9-18(4)5/h6-9H,1-5H3,(H,15,17,20)/b7-6+,16-9?. The topological polar surface area (TPSA) is 78.4 Å². The Morgan fingerprint density at radius 1 is 1.40 bits per heavy atom. The monoisotopic (exact) mass is 276 g/mol. The van der Waals surface area contributed by atoms with Crippen molar-refractivity contribution in [1.82, 2.24) is 14.9 Å². The Balaban J connectivity index is 3.10. The third-order valence-electron chi connectivity index (χ3n) is 2.39. The van der Waals surface area contributed by atoms with E-state index in [-0.39, 0.29) is 5.78 Å². The van der Waals surface area contributed by atoms with E-state index in [9.17, 15) is 9.59 Å². The predicted molar refractivity (Wildman–Crippen MR) is 80.2 cm³/mol. The third kappa shape index (κ3) is 4.79. The third-order valence-corrected chi connectivity index (χ3v) is 2.39. The maximum Gasteiger partial charge on any atom is 0.346 e. The molecule has 1 aromatic rings. The number of rotatable bonds is 4. The van der Waals surface area contributed by atoms with E-state index in [1.165, 1.54) is 12.3 Å². The first kappa shape index (κ1) is 15.8. The SMILES string of the molecule is CN(C)C=Nc1[nH]c(=O)ncc1/C=C/C(=O)C(C)(C)C. The van der Waals surface area contributed by atoms with Crippen molar-refractivity contribution < 1.29 is 4.79 Å². The quantitative estimate of drug-likeness (QED) is 0.515. The number of nitrogens with one attached hydrogen (secondary N) is 1. The molecule has 0 amide bonds. The van der Waals surface area contributed by atoms with Crippen LogP contribution in [0.2, 0.25) is 0 Å². The maximum absolute atomic E-state index is 11.9. The van der Waals surface area contributed by atoms with Gasteiger partial charge in [-0.15, -0.1) is 0 Å². The molecule has 0 bridgehead atoms. The number of H-pyrrole nitrogens is 1. The Kier molecular flexibility index (Phi) is 4.96. The van der Waals surface area contributed by atoms with E-state index in [4.69, 9.17) is 0 Å². The van der Waals surface area contributed by atoms with Crippen LogP contribution in [0.15, 0.2) is 22.1 Å². The van der Waals surface area contributed by atoms with Crippen LogP contribution >= 0.6 is 0 Å². The average molecular weight is 276 g/mol. The summed E-state index contributed by atoms with van der Waals surface area (Å²) in [6, 6.07) is 0. The van der Waals surface area contributed by atoms with Gasteiger partial charge < -0.3 is 4.90 Å². The van der Waals surface area contributed by atoms with Gasteiger partial charge in [0.2, 0.25) is 0 Å². The van der Waals surface area contributed by atoms with Crippen LogP contribution in [0.25, 0.3) is 6.08 Å². The van der Waals surface area contributed by atoms with Crippen LogP contribution in [0.1, 0.15) is 26.3 Å². The normalized spacial score (nSPS) is 12.2. The lowest BCUT2D eigenvalue weighted by atomic mass is 9.90. The van der Waals surface area contributed by atoms with E-state index in [2.05, 4.69) is 15.0 Å². The minimum absolute atomic E-state index is 0.00811. The highest BCUT2D eigenvalue weighted by molar-refractivity contribution is 5.97. The van der Waals surface area contributed by atoms with Gasteiger partial charge in [-0.25, -0.2) is 14.8 Å². The highest BCUT2D eigenvalue weighted by atomic mass is 16.1. The van der Waals surface area contributed by atoms with Gasteiger partial charge in [-0.3, -0.25) is 9.78 Å². The van der Waals surface area contributed by atoms with Crippen LogP contribution in [0.3, 0.4) is 0 Å². The molecule has 1 N–H and O–H groups in total. The zero-order chi connectivity index (χ0) is 15.3. The van der Waals surface area contributed by atoms with Gasteiger partial charge >= 0.3 is 5.69 Å². The van der Waals surface area contributed by atoms with Crippen molar-refractivity contribution in [1.29, 1.82) is 0 Å². The van der Waals surface area contributed by atoms with Crippen molar-refractivity contribution >= 4 is 24.0 Å². The number of aliphatic imine (C=N–C) groups is 1. The lowest BCUT2D eigenvalue weighted by molar-refractivity contribution is -0.121. The molecule has 0 saturated carbocycles. The van der Waals surface area contributed by atoms with Crippen molar-refractivity contribution in [3.8, 4) is 0 Å². The van der Waals surface area contributed by atoms with Crippen LogP contribution in [0, 0.1) is 5.41 Å². The van der Waals surface area contributed by atoms with Gasteiger partial charge in [0.1, 0.15) is 5.82 Å². The van der Waals surface area contributed by atoms with Crippen LogP contribution in [-0.2, 0) is 4.79 Å². The minimum Gasteiger partial charge on any atom is -0.369 e. The summed E-state index contributed by atoms with van der Waals surface area (Å²) >= 11 is 0. The zero-order valence-corrected chi connectivity index (χ0v) is 12.5. The molecule has 6 nitrogen and oxygen atoms in total. The number of aromatic nitrogens is 2. The average Bonchev–Trinajstić information content (AvgIpc) is 2.33. The molecule has 1 rings (SSSR count). The Morgan fingerprint density at radius 3 is 2.60 bits per heavy atom. The summed E-state index contributed by atoms with van der Waals surface area (Å²) in [7, 11) is 3.64. The summed E-state index contributed by atoms with van der Waals surface area (Å²) in [4.78, 5) is 35.2. The lowest BCUT2D eigenvalue weighted by Gasteiger charge is -2.12. The summed E-state index contributed by atoms with van der Waals surface area (Å²) in [5, 5.41) is 0. The Morgan fingerprint density at radius 2 is 2.05 bits per heavy atom. The summed E-state index contributed by atoms with van der Waals surface area (Å²) in [6.45, 7) is 5.53. The fourth-order valence-corrected chi connectivity index (χ4v) is 1.21. The van der Waals surface area contributed by atoms with E-state index in [0.29, 0.717) is 11.4 Å². The smallest absolute Gasteiger partial charge is 0.346 e. The van der Waals surface area contributed by atoms with Crippen LogP contribution in [-0.4, -0.2) is 41.1 Å². The fourth-order valence-electron chi connectivity index (χ4n) is 1.21. The second-order valence-electron chi connectivity index (χ2n) is 5.65. The van der Waals surface area contributed by atoms with E-state index in [0.717, 1.165) is 0 Å². The molecule has 0 aromatic carbocycles. The van der Waals surface area contributed by atoms with Gasteiger partial charge in [-0.05, 0) is 12.2 Å². The van der Waals surface area contributed by atoms with Crippen molar-refractivity contribution in [2.75, 3.05) is 14.1 Å². The molecule has 0 atom stereocenters.